The van der Waals surface area contributed by atoms with E-state index in [0.29, 0.717) is 6.04 Å². The van der Waals surface area contributed by atoms with Gasteiger partial charge < -0.3 is 9.67 Å². The molecule has 2 aromatic heterocycles. The molecule has 1 aliphatic heterocycles. The highest BCUT2D eigenvalue weighted by atomic mass is 16.4. The van der Waals surface area contributed by atoms with Crippen LogP contribution in [0.3, 0.4) is 0 Å². The Morgan fingerprint density at radius 2 is 1.65 bits per heavy atom. The number of rotatable bonds is 6. The van der Waals surface area contributed by atoms with Gasteiger partial charge in [0.25, 0.3) is 0 Å². The van der Waals surface area contributed by atoms with Crippen molar-refractivity contribution >= 4 is 27.9 Å². The second-order valence-corrected chi connectivity index (χ2v) is 11.4. The molecule has 0 amide bonds. The summed E-state index contributed by atoms with van der Waals surface area (Å²) in [6.45, 7) is 3.38. The average molecular weight is 531 g/mol. The van der Waals surface area contributed by atoms with Crippen molar-refractivity contribution in [1.82, 2.24) is 19.4 Å². The Morgan fingerprint density at radius 3 is 2.48 bits per heavy atom. The van der Waals surface area contributed by atoms with Crippen LogP contribution in [-0.4, -0.2) is 43.6 Å². The van der Waals surface area contributed by atoms with E-state index in [9.17, 15) is 9.90 Å². The van der Waals surface area contributed by atoms with Gasteiger partial charge in [-0.2, -0.15) is 0 Å². The number of aromatic nitrogens is 3. The third kappa shape index (κ3) is 4.77. The van der Waals surface area contributed by atoms with Gasteiger partial charge in [0.2, 0.25) is 0 Å². The SMILES string of the molecule is O=C(O)c1ccc2c(c1)nc(-c1ccc3nc(-c4cccc(CN5CCCC5)c4)ccc3c1)n2C1CCCCC1. The van der Waals surface area contributed by atoms with E-state index in [-0.39, 0.29) is 5.56 Å². The molecule has 2 aliphatic rings. The van der Waals surface area contributed by atoms with Gasteiger partial charge in [-0.05, 0) is 92.9 Å². The summed E-state index contributed by atoms with van der Waals surface area (Å²) in [5.74, 6) is -0.0186. The number of fused-ring (bicyclic) bond motifs is 2. The standard InChI is InChI=1S/C34H34N4O2/c39-34(40)27-13-16-32-31(21-27)36-33(38(32)28-9-2-1-3-10-28)26-12-15-30-25(20-26)11-14-29(35-30)24-8-6-7-23(19-24)22-37-17-4-5-18-37/h6-8,11-16,19-21,28H,1-5,9-10,17-18,22H2,(H,39,40). The van der Waals surface area contributed by atoms with Crippen molar-refractivity contribution in [1.29, 1.82) is 0 Å². The summed E-state index contributed by atoms with van der Waals surface area (Å²) in [5.41, 5.74) is 7.48. The van der Waals surface area contributed by atoms with Crippen LogP contribution >= 0.6 is 0 Å². The number of imidazole rings is 1. The zero-order valence-corrected chi connectivity index (χ0v) is 22.7. The number of likely N-dealkylation sites (tertiary alicyclic amines) is 1. The quantitative estimate of drug-likeness (QED) is 0.243. The maximum atomic E-state index is 11.6. The van der Waals surface area contributed by atoms with Crippen LogP contribution in [0.2, 0.25) is 0 Å². The van der Waals surface area contributed by atoms with E-state index in [1.807, 2.05) is 6.07 Å². The van der Waals surface area contributed by atoms with Crippen LogP contribution in [0.5, 0.6) is 0 Å². The van der Waals surface area contributed by atoms with Crippen LogP contribution < -0.4 is 0 Å². The average Bonchev–Trinajstić information content (AvgIpc) is 3.64. The van der Waals surface area contributed by atoms with Crippen molar-refractivity contribution in [3.05, 3.63) is 83.9 Å². The lowest BCUT2D eigenvalue weighted by Gasteiger charge is -2.25. The molecule has 6 nitrogen and oxygen atoms in total. The molecule has 7 rings (SSSR count). The van der Waals surface area contributed by atoms with E-state index >= 15 is 0 Å². The highest BCUT2D eigenvalue weighted by Gasteiger charge is 2.23. The topological polar surface area (TPSA) is 71.2 Å². The molecule has 1 aliphatic carbocycles. The van der Waals surface area contributed by atoms with Gasteiger partial charge in [-0.15, -0.1) is 0 Å². The zero-order valence-electron chi connectivity index (χ0n) is 22.7. The second kappa shape index (κ2) is 10.5. The van der Waals surface area contributed by atoms with Gasteiger partial charge in [0.15, 0.2) is 0 Å². The van der Waals surface area contributed by atoms with E-state index in [2.05, 4.69) is 64.1 Å². The first kappa shape index (κ1) is 25.0. The van der Waals surface area contributed by atoms with Crippen molar-refractivity contribution < 1.29 is 9.90 Å². The Bertz CT molecular complexity index is 1710. The van der Waals surface area contributed by atoms with Crippen LogP contribution in [0.15, 0.2) is 72.8 Å². The zero-order chi connectivity index (χ0) is 27.1. The number of carboxylic acid groups (broad SMARTS) is 1. The molecule has 6 heteroatoms. The summed E-state index contributed by atoms with van der Waals surface area (Å²) in [6, 6.07) is 25.1. The van der Waals surface area contributed by atoms with Crippen molar-refractivity contribution in [2.45, 2.75) is 57.5 Å². The van der Waals surface area contributed by atoms with Gasteiger partial charge >= 0.3 is 5.97 Å². The van der Waals surface area contributed by atoms with E-state index in [4.69, 9.17) is 9.97 Å². The maximum absolute atomic E-state index is 11.6. The Kier molecular flexibility index (Phi) is 6.56. The lowest BCUT2D eigenvalue weighted by atomic mass is 9.94. The van der Waals surface area contributed by atoms with Gasteiger partial charge in [0, 0.05) is 29.1 Å². The molecular formula is C34H34N4O2. The predicted molar refractivity (Wildman–Crippen MR) is 159 cm³/mol. The van der Waals surface area contributed by atoms with E-state index < -0.39 is 5.97 Å². The van der Waals surface area contributed by atoms with Gasteiger partial charge in [0.1, 0.15) is 5.82 Å². The second-order valence-electron chi connectivity index (χ2n) is 11.4. The number of nitrogens with zero attached hydrogens (tertiary/aromatic N) is 4. The molecule has 40 heavy (non-hydrogen) atoms. The van der Waals surface area contributed by atoms with Crippen LogP contribution in [0.25, 0.3) is 44.6 Å². The first-order chi connectivity index (χ1) is 19.6. The molecule has 202 valence electrons. The van der Waals surface area contributed by atoms with Crippen LogP contribution in [0.4, 0.5) is 0 Å². The number of hydrogen-bond donors (Lipinski definition) is 1. The Balaban J connectivity index is 1.25. The molecule has 0 bridgehead atoms. The van der Waals surface area contributed by atoms with Crippen LogP contribution in [0, 0.1) is 0 Å². The highest BCUT2D eigenvalue weighted by Crippen LogP contribution is 2.37. The molecule has 1 N–H and O–H groups in total. The maximum Gasteiger partial charge on any atom is 0.335 e. The Hall–Kier alpha value is -4.03. The predicted octanol–water partition coefficient (Wildman–Crippen LogP) is 7.72. The van der Waals surface area contributed by atoms with Crippen molar-refractivity contribution in [2.24, 2.45) is 0 Å². The third-order valence-corrected chi connectivity index (χ3v) is 8.65. The third-order valence-electron chi connectivity index (χ3n) is 8.65. The van der Waals surface area contributed by atoms with Gasteiger partial charge in [-0.1, -0.05) is 43.5 Å². The van der Waals surface area contributed by atoms with Crippen LogP contribution in [0.1, 0.15) is 66.9 Å². The molecule has 3 heterocycles. The summed E-state index contributed by atoms with van der Waals surface area (Å²) in [5, 5.41) is 10.6. The van der Waals surface area contributed by atoms with Gasteiger partial charge in [-0.3, -0.25) is 4.90 Å². The molecule has 5 aromatic rings. The summed E-state index contributed by atoms with van der Waals surface area (Å²) in [4.78, 5) is 24.2. The molecule has 0 unspecified atom stereocenters. The summed E-state index contributed by atoms with van der Waals surface area (Å²) >= 11 is 0. The molecule has 1 saturated carbocycles. The Morgan fingerprint density at radius 1 is 0.800 bits per heavy atom. The number of carbonyl (C=O) groups is 1. The molecule has 1 saturated heterocycles. The fraction of sp³-hybridized carbons (Fsp3) is 0.324. The van der Waals surface area contributed by atoms with Gasteiger partial charge in [0.05, 0.1) is 27.8 Å². The number of pyridine rings is 1. The summed E-state index contributed by atoms with van der Waals surface area (Å²) in [7, 11) is 0. The highest BCUT2D eigenvalue weighted by molar-refractivity contribution is 5.94. The lowest BCUT2D eigenvalue weighted by molar-refractivity contribution is 0.0697. The van der Waals surface area contributed by atoms with E-state index in [1.54, 1.807) is 12.1 Å². The first-order valence-electron chi connectivity index (χ1n) is 14.6. The Labute approximate surface area is 234 Å². The molecule has 3 aromatic carbocycles. The molecule has 2 fully saturated rings. The normalized spacial score (nSPS) is 16.7. The number of hydrogen-bond acceptors (Lipinski definition) is 4. The smallest absolute Gasteiger partial charge is 0.335 e. The van der Waals surface area contributed by atoms with Crippen molar-refractivity contribution in [3.63, 3.8) is 0 Å². The minimum atomic E-state index is -0.926. The minimum absolute atomic E-state index is 0.270. The summed E-state index contributed by atoms with van der Waals surface area (Å²) in [6.07, 6.45) is 8.53. The van der Waals surface area contributed by atoms with Crippen molar-refractivity contribution in [3.8, 4) is 22.6 Å². The lowest BCUT2D eigenvalue weighted by Crippen LogP contribution is -2.18. The van der Waals surface area contributed by atoms with E-state index in [1.165, 1.54) is 50.8 Å². The van der Waals surface area contributed by atoms with E-state index in [0.717, 1.165) is 64.0 Å². The molecule has 0 radical (unpaired) electrons. The molecule has 0 spiro atoms. The number of benzene rings is 3. The minimum Gasteiger partial charge on any atom is -0.478 e. The monoisotopic (exact) mass is 530 g/mol. The summed E-state index contributed by atoms with van der Waals surface area (Å²) < 4.78 is 2.36. The molecule has 0 atom stereocenters. The number of aromatic carboxylic acids is 1. The fourth-order valence-electron chi connectivity index (χ4n) is 6.60. The van der Waals surface area contributed by atoms with Gasteiger partial charge in [-0.25, -0.2) is 14.8 Å². The fourth-order valence-corrected chi connectivity index (χ4v) is 6.60. The number of carboxylic acids is 1. The van der Waals surface area contributed by atoms with Crippen LogP contribution in [-0.2, 0) is 6.54 Å². The largest absolute Gasteiger partial charge is 0.478 e. The first-order valence-corrected chi connectivity index (χ1v) is 14.6. The molecular weight excluding hydrogens is 496 g/mol. The van der Waals surface area contributed by atoms with Crippen molar-refractivity contribution in [2.75, 3.05) is 13.1 Å².